The number of benzene rings is 2. The molecule has 1 aliphatic heterocycles. The molecular weight excluding hydrogens is 432 g/mol. The van der Waals surface area contributed by atoms with Crippen LogP contribution in [0.25, 0.3) is 0 Å². The molecule has 1 fully saturated rings. The van der Waals surface area contributed by atoms with Crippen LogP contribution < -0.4 is 25.2 Å². The van der Waals surface area contributed by atoms with Gasteiger partial charge < -0.3 is 29.6 Å². The maximum atomic E-state index is 13.0. The predicted octanol–water partition coefficient (Wildman–Crippen LogP) is 4.01. The van der Waals surface area contributed by atoms with Gasteiger partial charge in [-0.3, -0.25) is 9.59 Å². The van der Waals surface area contributed by atoms with Crippen LogP contribution in [0.4, 0.5) is 17.1 Å². The summed E-state index contributed by atoms with van der Waals surface area (Å²) in [6, 6.07) is 16.7. The molecule has 1 saturated heterocycles. The maximum Gasteiger partial charge on any atom is 0.291 e. The van der Waals surface area contributed by atoms with Gasteiger partial charge in [0.05, 0.1) is 24.6 Å². The van der Waals surface area contributed by atoms with Crippen LogP contribution in [0, 0.1) is 0 Å². The van der Waals surface area contributed by atoms with Gasteiger partial charge in [-0.2, -0.15) is 0 Å². The molecule has 0 spiro atoms. The second kappa shape index (κ2) is 10.8. The highest BCUT2D eigenvalue weighted by Gasteiger charge is 2.24. The highest BCUT2D eigenvalue weighted by molar-refractivity contribution is 6.05. The summed E-state index contributed by atoms with van der Waals surface area (Å²) in [4.78, 5) is 29.9. The summed E-state index contributed by atoms with van der Waals surface area (Å²) in [6.07, 6.45) is 2.29. The van der Waals surface area contributed by atoms with Gasteiger partial charge in [-0.25, -0.2) is 0 Å². The zero-order valence-corrected chi connectivity index (χ0v) is 19.5. The number of furan rings is 1. The molecule has 0 bridgehead atoms. The third-order valence-electron chi connectivity index (χ3n) is 5.83. The average Bonchev–Trinajstić information content (AvgIpc) is 3.43. The van der Waals surface area contributed by atoms with Gasteiger partial charge in [-0.15, -0.1) is 0 Å². The second-order valence-corrected chi connectivity index (χ2v) is 8.07. The molecule has 8 nitrogen and oxygen atoms in total. The second-order valence-electron chi connectivity index (χ2n) is 8.07. The number of para-hydroxylation sites is 2. The molecule has 4 rings (SSSR count). The van der Waals surface area contributed by atoms with E-state index in [2.05, 4.69) is 26.5 Å². The maximum absolute atomic E-state index is 13.0. The van der Waals surface area contributed by atoms with Gasteiger partial charge in [0, 0.05) is 44.1 Å². The molecule has 0 unspecified atom stereocenters. The Balaban J connectivity index is 1.53. The number of hydrogen-bond donors (Lipinski definition) is 2. The standard InChI is InChI=1S/C26H30N4O4/c1-3-12-27-25(31)20-18-19(28-26(32)24-9-6-17-34-24)10-11-21(20)29-13-15-30(16-14-29)22-7-4-5-8-23(22)33-2/h4-11,17-18H,3,12-16H2,1-2H3,(H,27,31)(H,28,32). The first-order chi connectivity index (χ1) is 16.6. The Morgan fingerprint density at radius 1 is 0.941 bits per heavy atom. The number of methoxy groups -OCH3 is 1. The summed E-state index contributed by atoms with van der Waals surface area (Å²) >= 11 is 0. The van der Waals surface area contributed by atoms with Crippen molar-refractivity contribution in [2.45, 2.75) is 13.3 Å². The molecule has 3 aromatic rings. The van der Waals surface area contributed by atoms with Crippen LogP contribution in [0.1, 0.15) is 34.3 Å². The molecule has 1 aliphatic rings. The number of carbonyl (C=O) groups is 2. The van der Waals surface area contributed by atoms with Gasteiger partial charge in [0.25, 0.3) is 11.8 Å². The fourth-order valence-corrected chi connectivity index (χ4v) is 4.08. The first-order valence-electron chi connectivity index (χ1n) is 11.5. The molecule has 1 aromatic heterocycles. The minimum absolute atomic E-state index is 0.155. The Hall–Kier alpha value is -3.94. The normalized spacial score (nSPS) is 13.5. The van der Waals surface area contributed by atoms with Crippen molar-refractivity contribution in [1.82, 2.24) is 5.32 Å². The number of ether oxygens (including phenoxy) is 1. The summed E-state index contributed by atoms with van der Waals surface area (Å²) in [5.41, 5.74) is 3.00. The monoisotopic (exact) mass is 462 g/mol. The van der Waals surface area contributed by atoms with E-state index in [0.717, 1.165) is 49.7 Å². The Morgan fingerprint density at radius 3 is 2.35 bits per heavy atom. The van der Waals surface area contributed by atoms with E-state index >= 15 is 0 Å². The lowest BCUT2D eigenvalue weighted by atomic mass is 10.1. The van der Waals surface area contributed by atoms with Crippen LogP contribution in [0.5, 0.6) is 5.75 Å². The Kier molecular flexibility index (Phi) is 7.37. The first kappa shape index (κ1) is 23.2. The van der Waals surface area contributed by atoms with E-state index in [1.54, 1.807) is 25.3 Å². The van der Waals surface area contributed by atoms with Crippen LogP contribution in [0.2, 0.25) is 0 Å². The van der Waals surface area contributed by atoms with E-state index in [4.69, 9.17) is 9.15 Å². The molecule has 2 amide bonds. The molecule has 34 heavy (non-hydrogen) atoms. The van der Waals surface area contributed by atoms with Gasteiger partial charge in [-0.1, -0.05) is 19.1 Å². The SMILES string of the molecule is CCCNC(=O)c1cc(NC(=O)c2ccco2)ccc1N1CCN(c2ccccc2OC)CC1. The van der Waals surface area contributed by atoms with E-state index in [0.29, 0.717) is 17.8 Å². The van der Waals surface area contributed by atoms with Gasteiger partial charge in [0.15, 0.2) is 5.76 Å². The zero-order chi connectivity index (χ0) is 23.9. The lowest BCUT2D eigenvalue weighted by molar-refractivity contribution is 0.0952. The number of hydrogen-bond acceptors (Lipinski definition) is 6. The smallest absolute Gasteiger partial charge is 0.291 e. The molecule has 0 atom stereocenters. The van der Waals surface area contributed by atoms with Crippen molar-refractivity contribution >= 4 is 28.9 Å². The molecule has 2 aromatic carbocycles. The molecule has 0 saturated carbocycles. The van der Waals surface area contributed by atoms with E-state index in [1.165, 1.54) is 6.26 Å². The van der Waals surface area contributed by atoms with Crippen LogP contribution in [0.3, 0.4) is 0 Å². The quantitative estimate of drug-likeness (QED) is 0.526. The third-order valence-corrected chi connectivity index (χ3v) is 5.83. The van der Waals surface area contributed by atoms with E-state index < -0.39 is 0 Å². The highest BCUT2D eigenvalue weighted by atomic mass is 16.5. The number of rotatable bonds is 8. The number of carbonyl (C=O) groups excluding carboxylic acids is 2. The van der Waals surface area contributed by atoms with Crippen molar-refractivity contribution in [3.8, 4) is 5.75 Å². The molecule has 8 heteroatoms. The van der Waals surface area contributed by atoms with Crippen molar-refractivity contribution in [1.29, 1.82) is 0 Å². The van der Waals surface area contributed by atoms with Crippen molar-refractivity contribution in [3.63, 3.8) is 0 Å². The van der Waals surface area contributed by atoms with E-state index in [-0.39, 0.29) is 17.6 Å². The minimum Gasteiger partial charge on any atom is -0.495 e. The predicted molar refractivity (Wildman–Crippen MR) is 133 cm³/mol. The summed E-state index contributed by atoms with van der Waals surface area (Å²) in [5.74, 6) is 0.557. The van der Waals surface area contributed by atoms with Crippen molar-refractivity contribution < 1.29 is 18.7 Å². The number of amides is 2. The summed E-state index contributed by atoms with van der Waals surface area (Å²) in [6.45, 7) is 5.70. The van der Waals surface area contributed by atoms with Crippen molar-refractivity contribution in [3.05, 3.63) is 72.2 Å². The first-order valence-corrected chi connectivity index (χ1v) is 11.5. The molecule has 178 valence electrons. The third kappa shape index (κ3) is 5.17. The highest BCUT2D eigenvalue weighted by Crippen LogP contribution is 2.31. The average molecular weight is 463 g/mol. The Labute approximate surface area is 199 Å². The minimum atomic E-state index is -0.358. The number of nitrogens with one attached hydrogen (secondary N) is 2. The van der Waals surface area contributed by atoms with Gasteiger partial charge in [-0.05, 0) is 48.9 Å². The fraction of sp³-hybridized carbons (Fsp3) is 0.308. The fourth-order valence-electron chi connectivity index (χ4n) is 4.08. The van der Waals surface area contributed by atoms with Crippen LogP contribution in [-0.2, 0) is 0 Å². The summed E-state index contributed by atoms with van der Waals surface area (Å²) in [7, 11) is 1.68. The largest absolute Gasteiger partial charge is 0.495 e. The molecule has 0 aliphatic carbocycles. The lowest BCUT2D eigenvalue weighted by Crippen LogP contribution is -2.47. The lowest BCUT2D eigenvalue weighted by Gasteiger charge is -2.38. The molecular formula is C26H30N4O4. The van der Waals surface area contributed by atoms with Gasteiger partial charge in [0.2, 0.25) is 0 Å². The molecule has 2 heterocycles. The van der Waals surface area contributed by atoms with Crippen molar-refractivity contribution in [2.24, 2.45) is 0 Å². The Morgan fingerprint density at radius 2 is 1.68 bits per heavy atom. The summed E-state index contributed by atoms with van der Waals surface area (Å²) in [5, 5.41) is 5.78. The number of piperazine rings is 1. The van der Waals surface area contributed by atoms with E-state index in [9.17, 15) is 9.59 Å². The van der Waals surface area contributed by atoms with Gasteiger partial charge in [0.1, 0.15) is 5.75 Å². The van der Waals surface area contributed by atoms with Crippen LogP contribution in [-0.4, -0.2) is 51.6 Å². The topological polar surface area (TPSA) is 87.0 Å². The van der Waals surface area contributed by atoms with Crippen molar-refractivity contribution in [2.75, 3.05) is 55.0 Å². The van der Waals surface area contributed by atoms with Crippen LogP contribution in [0.15, 0.2) is 65.3 Å². The number of anilines is 3. The summed E-state index contributed by atoms with van der Waals surface area (Å²) < 4.78 is 10.7. The van der Waals surface area contributed by atoms with E-state index in [1.807, 2.05) is 37.3 Å². The Bertz CT molecular complexity index is 1120. The van der Waals surface area contributed by atoms with Crippen LogP contribution >= 0.6 is 0 Å². The molecule has 2 N–H and O–H groups in total. The van der Waals surface area contributed by atoms with Gasteiger partial charge >= 0.3 is 0 Å². The number of nitrogens with zero attached hydrogens (tertiary/aromatic N) is 2. The molecule has 0 radical (unpaired) electrons. The zero-order valence-electron chi connectivity index (χ0n) is 19.5.